The fraction of sp³-hybridized carbons (Fsp3) is 0.733. The molecule has 0 radical (unpaired) electrons. The molecule has 7 heteroatoms. The Hall–Kier alpha value is -0.0356. The summed E-state index contributed by atoms with van der Waals surface area (Å²) in [7, 11) is -6.73. The summed E-state index contributed by atoms with van der Waals surface area (Å²) >= 11 is 0. The Bertz CT molecular complexity index is 734. The summed E-state index contributed by atoms with van der Waals surface area (Å²) in [5.41, 5.74) is 1.50. The smallest absolute Gasteiger partial charge is 0.331 e. The lowest BCUT2D eigenvalue weighted by Crippen LogP contribution is -2.37. The van der Waals surface area contributed by atoms with Gasteiger partial charge in [-0.15, -0.1) is 0 Å². The minimum absolute atomic E-state index is 0.748. The van der Waals surface area contributed by atoms with Gasteiger partial charge in [0.15, 0.2) is 0 Å². The van der Waals surface area contributed by atoms with E-state index in [1.165, 1.54) is 49.1 Å². The van der Waals surface area contributed by atoms with Gasteiger partial charge < -0.3 is 8.85 Å². The maximum absolute atomic E-state index is 6.37. The second-order valence-corrected chi connectivity index (χ2v) is 39.5. The van der Waals surface area contributed by atoms with E-state index in [0.29, 0.717) is 0 Å². The van der Waals surface area contributed by atoms with E-state index in [0.717, 1.165) is 24.3 Å². The number of hydrogen-bond donors (Lipinski definition) is 0. The molecule has 0 aliphatic heterocycles. The third-order valence-electron chi connectivity index (χ3n) is 9.09. The van der Waals surface area contributed by atoms with Gasteiger partial charge >= 0.3 is 8.56 Å². The molecule has 0 unspecified atom stereocenters. The van der Waals surface area contributed by atoms with Gasteiger partial charge in [0, 0.05) is 29.4 Å². The molecular weight excluding hydrogens is 533 g/mol. The lowest BCUT2D eigenvalue weighted by molar-refractivity contribution is 0.179. The Morgan fingerprint density at radius 3 is 1.11 bits per heavy atom. The average Bonchev–Trinajstić information content (AvgIpc) is 3.53. The molecule has 0 aromatic heterocycles. The van der Waals surface area contributed by atoms with Crippen LogP contribution in [-0.4, -0.2) is 54.1 Å². The Morgan fingerprint density at radius 1 is 0.459 bits per heavy atom. The molecule has 0 saturated carbocycles. The van der Waals surface area contributed by atoms with Crippen LogP contribution in [0.15, 0.2) is 48.6 Å². The van der Waals surface area contributed by atoms with E-state index in [9.17, 15) is 0 Å². The quantitative estimate of drug-likeness (QED) is 0.116. The van der Waals surface area contributed by atoms with Crippen LogP contribution < -0.4 is 0 Å². The minimum atomic E-state index is -2.01. The molecule has 0 saturated heterocycles. The number of allylic oxidation sites excluding steroid dienone is 8. The highest BCUT2D eigenvalue weighted by molar-refractivity contribution is 6.84. The minimum Gasteiger partial charge on any atom is -0.395 e. The van der Waals surface area contributed by atoms with Crippen LogP contribution in [0.5, 0.6) is 0 Å². The van der Waals surface area contributed by atoms with E-state index >= 15 is 0 Å². The van der Waals surface area contributed by atoms with Crippen molar-refractivity contribution in [1.29, 1.82) is 0 Å². The van der Waals surface area contributed by atoms with Crippen molar-refractivity contribution < 1.29 is 8.85 Å². The van der Waals surface area contributed by atoms with Crippen LogP contribution in [0.25, 0.3) is 0 Å². The molecule has 37 heavy (non-hydrogen) atoms. The van der Waals surface area contributed by atoms with E-state index < -0.39 is 40.9 Å². The van der Waals surface area contributed by atoms with E-state index in [-0.39, 0.29) is 0 Å². The maximum Gasteiger partial charge on any atom is 0.331 e. The summed E-state index contributed by atoms with van der Waals surface area (Å²) in [5.74, 6) is 0. The van der Waals surface area contributed by atoms with Crippen LogP contribution in [-0.2, 0) is 8.85 Å². The van der Waals surface area contributed by atoms with Gasteiger partial charge in [-0.1, -0.05) is 137 Å². The predicted molar refractivity (Wildman–Crippen MR) is 181 cm³/mol. The molecule has 0 bridgehead atoms. The van der Waals surface area contributed by atoms with Crippen molar-refractivity contribution in [3.8, 4) is 0 Å². The highest BCUT2D eigenvalue weighted by atomic mass is 28.4. The lowest BCUT2D eigenvalue weighted by Gasteiger charge is -2.32. The second kappa shape index (κ2) is 14.0. The molecule has 0 aromatic rings. The van der Waals surface area contributed by atoms with Gasteiger partial charge in [0.05, 0.1) is 16.1 Å². The molecule has 0 fully saturated rings. The van der Waals surface area contributed by atoms with Crippen molar-refractivity contribution in [2.75, 3.05) is 13.2 Å². The summed E-state index contributed by atoms with van der Waals surface area (Å²) in [6, 6.07) is 8.62. The number of rotatable bonds is 18. The van der Waals surface area contributed by atoms with Crippen molar-refractivity contribution >= 4 is 40.9 Å². The molecule has 2 rings (SSSR count). The SMILES string of the molecule is C[Si](C)(CCCO[Si](C)(C)OCCC[Si](C)(C)CC[Si](C)(C)C1C=CC=C1)CC[Si](C)(C)C1C=CC=C1. The summed E-state index contributed by atoms with van der Waals surface area (Å²) in [4.78, 5) is 0. The molecule has 2 nitrogen and oxygen atoms in total. The monoisotopic (exact) mass is 592 g/mol. The topological polar surface area (TPSA) is 18.5 Å². The van der Waals surface area contributed by atoms with Crippen LogP contribution in [0.2, 0.25) is 113 Å². The summed E-state index contributed by atoms with van der Waals surface area (Å²) in [5, 5.41) is 0. The van der Waals surface area contributed by atoms with Crippen LogP contribution in [0, 0.1) is 0 Å². The molecular formula is C30H60O2Si5. The Balaban J connectivity index is 1.60. The Kier molecular flexibility index (Phi) is 12.6. The largest absolute Gasteiger partial charge is 0.395 e. The van der Waals surface area contributed by atoms with Gasteiger partial charge in [0.25, 0.3) is 0 Å². The van der Waals surface area contributed by atoms with Gasteiger partial charge in [-0.2, -0.15) is 0 Å². The van der Waals surface area contributed by atoms with Gasteiger partial charge in [-0.3, -0.25) is 0 Å². The molecule has 212 valence electrons. The molecule has 0 heterocycles. The molecule has 0 aromatic carbocycles. The average molecular weight is 593 g/mol. The molecule has 2 aliphatic carbocycles. The molecule has 0 atom stereocenters. The molecule has 0 amide bonds. The van der Waals surface area contributed by atoms with Gasteiger partial charge in [-0.05, 0) is 37.0 Å². The Labute approximate surface area is 236 Å². The van der Waals surface area contributed by atoms with Crippen molar-refractivity contribution in [3.63, 3.8) is 0 Å². The highest BCUT2D eigenvalue weighted by Gasteiger charge is 2.34. The first-order chi connectivity index (χ1) is 17.0. The van der Waals surface area contributed by atoms with Gasteiger partial charge in [-0.25, -0.2) is 0 Å². The fourth-order valence-corrected chi connectivity index (χ4v) is 23.4. The van der Waals surface area contributed by atoms with E-state index in [2.05, 4.69) is 114 Å². The first-order valence-electron chi connectivity index (χ1n) is 15.0. The zero-order valence-corrected chi connectivity index (χ0v) is 31.2. The van der Waals surface area contributed by atoms with Crippen molar-refractivity contribution in [1.82, 2.24) is 0 Å². The standard InChI is InChI=1S/C30H60O2Si5/c1-33(2,25-27-35(5,6)29-17-11-12-18-29)23-15-21-31-37(9,10)32-22-16-24-34(3,4)26-28-36(7,8)30-19-13-14-20-30/h11-14,17-20,29-30H,15-16,21-28H2,1-10H3. The third kappa shape index (κ3) is 12.3. The third-order valence-corrected chi connectivity index (χ3v) is 26.0. The van der Waals surface area contributed by atoms with Gasteiger partial charge in [0.1, 0.15) is 0 Å². The van der Waals surface area contributed by atoms with E-state index in [1.54, 1.807) is 0 Å². The fourth-order valence-electron chi connectivity index (χ4n) is 5.59. The molecule has 0 N–H and O–H groups in total. The first kappa shape index (κ1) is 33.2. The summed E-state index contributed by atoms with van der Waals surface area (Å²) in [6.07, 6.45) is 21.1. The Morgan fingerprint density at radius 2 is 0.784 bits per heavy atom. The highest BCUT2D eigenvalue weighted by Crippen LogP contribution is 2.36. The second-order valence-electron chi connectivity index (χ2n) is 15.2. The first-order valence-corrected chi connectivity index (χ1v) is 31.2. The van der Waals surface area contributed by atoms with Crippen molar-refractivity contribution in [3.05, 3.63) is 48.6 Å². The van der Waals surface area contributed by atoms with Crippen LogP contribution >= 0.6 is 0 Å². The molecule has 0 spiro atoms. The zero-order chi connectivity index (χ0) is 27.8. The summed E-state index contributed by atoms with van der Waals surface area (Å²) < 4.78 is 12.7. The molecule has 2 aliphatic rings. The van der Waals surface area contributed by atoms with E-state index in [1.807, 2.05) is 0 Å². The zero-order valence-electron chi connectivity index (χ0n) is 26.2. The van der Waals surface area contributed by atoms with E-state index in [4.69, 9.17) is 8.85 Å². The predicted octanol–water partition coefficient (Wildman–Crippen LogP) is 10.3. The van der Waals surface area contributed by atoms with Crippen LogP contribution in [0.4, 0.5) is 0 Å². The maximum atomic E-state index is 6.37. The normalized spacial score (nSPS) is 17.6. The van der Waals surface area contributed by atoms with Crippen LogP contribution in [0.1, 0.15) is 12.8 Å². The van der Waals surface area contributed by atoms with Gasteiger partial charge in [0.2, 0.25) is 0 Å². The van der Waals surface area contributed by atoms with Crippen molar-refractivity contribution in [2.24, 2.45) is 0 Å². The summed E-state index contributed by atoms with van der Waals surface area (Å²) in [6.45, 7) is 26.9. The van der Waals surface area contributed by atoms with Crippen molar-refractivity contribution in [2.45, 2.75) is 126 Å². The number of hydrogen-bond acceptors (Lipinski definition) is 2. The van der Waals surface area contributed by atoms with Crippen LogP contribution in [0.3, 0.4) is 0 Å². The lowest BCUT2D eigenvalue weighted by atomic mass is 10.5.